The Morgan fingerprint density at radius 2 is 1.88 bits per heavy atom. The summed E-state index contributed by atoms with van der Waals surface area (Å²) in [6, 6.07) is 11.8. The number of carbonyl (C=O) groups excluding carboxylic acids is 1. The lowest BCUT2D eigenvalue weighted by Crippen LogP contribution is -2.28. The fourth-order valence-electron chi connectivity index (χ4n) is 2.78. The van der Waals surface area contributed by atoms with Gasteiger partial charge < -0.3 is 10.4 Å². The van der Waals surface area contributed by atoms with Crippen molar-refractivity contribution in [2.45, 2.75) is 17.7 Å². The molecule has 134 valence electrons. The van der Waals surface area contributed by atoms with Gasteiger partial charge in [0.05, 0.1) is 22.2 Å². The van der Waals surface area contributed by atoms with Crippen LogP contribution in [0.4, 0.5) is 5.69 Å². The standard InChI is InChI=1S/C18H17N3O4S/c19-12-13-4-3-5-14(10-13)18(23)20-16-11-15(6-7-17(16)22)26(24,25)21-8-1-2-9-21/h3-7,10-11,22H,1-2,8-9H2,(H,20,23). The minimum absolute atomic E-state index is 0.00219. The Balaban J connectivity index is 1.88. The zero-order valence-electron chi connectivity index (χ0n) is 13.8. The van der Waals surface area contributed by atoms with E-state index in [-0.39, 0.29) is 21.9 Å². The van der Waals surface area contributed by atoms with Crippen LogP contribution in [0.3, 0.4) is 0 Å². The zero-order valence-corrected chi connectivity index (χ0v) is 14.7. The number of sulfonamides is 1. The van der Waals surface area contributed by atoms with Gasteiger partial charge in [-0.2, -0.15) is 9.57 Å². The normalized spacial score (nSPS) is 14.7. The summed E-state index contributed by atoms with van der Waals surface area (Å²) in [4.78, 5) is 12.4. The SMILES string of the molecule is N#Cc1cccc(C(=O)Nc2cc(S(=O)(=O)N3CCCC3)ccc2O)c1. The van der Waals surface area contributed by atoms with E-state index in [9.17, 15) is 18.3 Å². The number of phenols is 1. The Labute approximate surface area is 151 Å². The minimum Gasteiger partial charge on any atom is -0.506 e. The summed E-state index contributed by atoms with van der Waals surface area (Å²) < 4.78 is 26.7. The first-order valence-electron chi connectivity index (χ1n) is 8.06. The van der Waals surface area contributed by atoms with Gasteiger partial charge in [-0.05, 0) is 49.2 Å². The second kappa shape index (κ2) is 7.15. The number of amides is 1. The van der Waals surface area contributed by atoms with Crippen molar-refractivity contribution in [1.29, 1.82) is 5.26 Å². The van der Waals surface area contributed by atoms with Crippen LogP contribution >= 0.6 is 0 Å². The van der Waals surface area contributed by atoms with E-state index < -0.39 is 15.9 Å². The second-order valence-electron chi connectivity index (χ2n) is 5.94. The molecule has 2 aromatic carbocycles. The average molecular weight is 371 g/mol. The predicted molar refractivity (Wildman–Crippen MR) is 95.2 cm³/mol. The van der Waals surface area contributed by atoms with Gasteiger partial charge in [-0.3, -0.25) is 4.79 Å². The quantitative estimate of drug-likeness (QED) is 0.801. The van der Waals surface area contributed by atoms with Crippen molar-refractivity contribution < 1.29 is 18.3 Å². The van der Waals surface area contributed by atoms with Crippen LogP contribution in [0.5, 0.6) is 5.75 Å². The van der Waals surface area contributed by atoms with Crippen LogP contribution in [0.2, 0.25) is 0 Å². The Kier molecular flexibility index (Phi) is 4.93. The van der Waals surface area contributed by atoms with E-state index in [2.05, 4.69) is 5.32 Å². The van der Waals surface area contributed by atoms with Crippen molar-refractivity contribution in [2.75, 3.05) is 18.4 Å². The highest BCUT2D eigenvalue weighted by Crippen LogP contribution is 2.29. The molecular formula is C18H17N3O4S. The molecule has 26 heavy (non-hydrogen) atoms. The highest BCUT2D eigenvalue weighted by molar-refractivity contribution is 7.89. The monoisotopic (exact) mass is 371 g/mol. The number of hydrogen-bond acceptors (Lipinski definition) is 5. The van der Waals surface area contributed by atoms with Crippen LogP contribution in [0, 0.1) is 11.3 Å². The van der Waals surface area contributed by atoms with E-state index in [1.807, 2.05) is 6.07 Å². The largest absolute Gasteiger partial charge is 0.506 e. The topological polar surface area (TPSA) is 110 Å². The number of anilines is 1. The second-order valence-corrected chi connectivity index (χ2v) is 7.87. The lowest BCUT2D eigenvalue weighted by molar-refractivity contribution is 0.102. The first-order valence-corrected chi connectivity index (χ1v) is 9.50. The third kappa shape index (κ3) is 3.54. The Morgan fingerprint density at radius 1 is 1.15 bits per heavy atom. The lowest BCUT2D eigenvalue weighted by Gasteiger charge is -2.16. The number of phenolic OH excluding ortho intramolecular Hbond substituents is 1. The molecule has 0 aromatic heterocycles. The third-order valence-electron chi connectivity index (χ3n) is 4.17. The van der Waals surface area contributed by atoms with Crippen LogP contribution in [-0.2, 0) is 10.0 Å². The van der Waals surface area contributed by atoms with E-state index in [0.29, 0.717) is 18.7 Å². The van der Waals surface area contributed by atoms with Gasteiger partial charge in [0.1, 0.15) is 5.75 Å². The van der Waals surface area contributed by atoms with Gasteiger partial charge in [0, 0.05) is 18.7 Å². The maximum absolute atomic E-state index is 12.6. The summed E-state index contributed by atoms with van der Waals surface area (Å²) in [5.41, 5.74) is 0.557. The number of aromatic hydroxyl groups is 1. The van der Waals surface area contributed by atoms with Crippen LogP contribution in [0.15, 0.2) is 47.4 Å². The van der Waals surface area contributed by atoms with E-state index in [4.69, 9.17) is 5.26 Å². The van der Waals surface area contributed by atoms with Crippen LogP contribution < -0.4 is 5.32 Å². The first kappa shape index (κ1) is 17.9. The Bertz CT molecular complexity index is 990. The van der Waals surface area contributed by atoms with Gasteiger partial charge in [0.25, 0.3) is 5.91 Å². The molecule has 1 aliphatic rings. The van der Waals surface area contributed by atoms with Crippen LogP contribution in [0.25, 0.3) is 0 Å². The summed E-state index contributed by atoms with van der Waals surface area (Å²) in [5, 5.41) is 21.4. The molecule has 1 heterocycles. The van der Waals surface area contributed by atoms with Crippen molar-refractivity contribution in [1.82, 2.24) is 4.31 Å². The molecule has 1 fully saturated rings. The fourth-order valence-corrected chi connectivity index (χ4v) is 4.32. The van der Waals surface area contributed by atoms with Gasteiger partial charge in [-0.1, -0.05) is 6.07 Å². The molecule has 3 rings (SSSR count). The van der Waals surface area contributed by atoms with E-state index in [1.165, 1.54) is 34.6 Å². The van der Waals surface area contributed by atoms with Crippen molar-refractivity contribution in [3.05, 3.63) is 53.6 Å². The van der Waals surface area contributed by atoms with Gasteiger partial charge in [0.15, 0.2) is 0 Å². The molecule has 1 amide bonds. The molecule has 0 unspecified atom stereocenters. The van der Waals surface area contributed by atoms with Gasteiger partial charge in [0.2, 0.25) is 10.0 Å². The molecule has 0 saturated carbocycles. The zero-order chi connectivity index (χ0) is 18.7. The average Bonchev–Trinajstić information content (AvgIpc) is 3.19. The van der Waals surface area contributed by atoms with E-state index in [0.717, 1.165) is 12.8 Å². The maximum atomic E-state index is 12.6. The maximum Gasteiger partial charge on any atom is 0.255 e. The summed E-state index contributed by atoms with van der Waals surface area (Å²) in [7, 11) is -3.66. The lowest BCUT2D eigenvalue weighted by atomic mass is 10.1. The molecular weight excluding hydrogens is 354 g/mol. The van der Waals surface area contributed by atoms with Crippen LogP contribution in [0.1, 0.15) is 28.8 Å². The van der Waals surface area contributed by atoms with Gasteiger partial charge in [-0.15, -0.1) is 0 Å². The molecule has 2 N–H and O–H groups in total. The predicted octanol–water partition coefficient (Wildman–Crippen LogP) is 2.30. The fraction of sp³-hybridized carbons (Fsp3) is 0.222. The molecule has 0 spiro atoms. The number of benzene rings is 2. The number of hydrogen-bond donors (Lipinski definition) is 2. The highest BCUT2D eigenvalue weighted by atomic mass is 32.2. The molecule has 0 bridgehead atoms. The third-order valence-corrected chi connectivity index (χ3v) is 6.07. The molecule has 1 aliphatic heterocycles. The van der Waals surface area contributed by atoms with Crippen molar-refractivity contribution in [2.24, 2.45) is 0 Å². The minimum atomic E-state index is -3.66. The summed E-state index contributed by atoms with van der Waals surface area (Å²) in [6.07, 6.45) is 1.63. The van der Waals surface area contributed by atoms with Crippen molar-refractivity contribution in [3.8, 4) is 11.8 Å². The first-order chi connectivity index (χ1) is 12.4. The number of nitriles is 1. The summed E-state index contributed by atoms with van der Waals surface area (Å²) in [6.45, 7) is 0.928. The van der Waals surface area contributed by atoms with E-state index in [1.54, 1.807) is 12.1 Å². The number of nitrogens with zero attached hydrogens (tertiary/aromatic N) is 2. The van der Waals surface area contributed by atoms with Crippen LogP contribution in [-0.4, -0.2) is 36.8 Å². The molecule has 0 radical (unpaired) electrons. The molecule has 2 aromatic rings. The molecule has 0 aliphatic carbocycles. The van der Waals surface area contributed by atoms with Gasteiger partial charge in [-0.25, -0.2) is 8.42 Å². The van der Waals surface area contributed by atoms with Crippen molar-refractivity contribution in [3.63, 3.8) is 0 Å². The molecule has 1 saturated heterocycles. The van der Waals surface area contributed by atoms with Crippen molar-refractivity contribution >= 4 is 21.6 Å². The molecule has 0 atom stereocenters. The highest BCUT2D eigenvalue weighted by Gasteiger charge is 2.28. The van der Waals surface area contributed by atoms with Gasteiger partial charge >= 0.3 is 0 Å². The Hall–Kier alpha value is -2.89. The van der Waals surface area contributed by atoms with E-state index >= 15 is 0 Å². The summed E-state index contributed by atoms with van der Waals surface area (Å²) in [5.74, 6) is -0.789. The summed E-state index contributed by atoms with van der Waals surface area (Å²) >= 11 is 0. The smallest absolute Gasteiger partial charge is 0.255 e. The number of carbonyl (C=O) groups is 1. The number of nitrogens with one attached hydrogen (secondary N) is 1. The number of rotatable bonds is 4. The Morgan fingerprint density at radius 3 is 2.58 bits per heavy atom. The molecule has 7 nitrogen and oxygen atoms in total. The molecule has 8 heteroatoms.